The lowest BCUT2D eigenvalue weighted by atomic mass is 9.99. The topological polar surface area (TPSA) is 84.5 Å². The number of hydrogen-bond donors (Lipinski definition) is 2. The molecule has 35 heavy (non-hydrogen) atoms. The second-order valence-corrected chi connectivity index (χ2v) is 8.16. The minimum absolute atomic E-state index is 0.0365. The van der Waals surface area contributed by atoms with Crippen LogP contribution in [0.4, 0.5) is 11.4 Å². The van der Waals surface area contributed by atoms with E-state index in [0.717, 1.165) is 22.5 Å². The highest BCUT2D eigenvalue weighted by molar-refractivity contribution is 6.35. The number of halogens is 1. The van der Waals surface area contributed by atoms with Gasteiger partial charge in [0.1, 0.15) is 0 Å². The van der Waals surface area contributed by atoms with Crippen LogP contribution in [0.15, 0.2) is 72.9 Å². The number of anilines is 2. The Morgan fingerprint density at radius 2 is 1.69 bits per heavy atom. The molecule has 0 aliphatic carbocycles. The van der Waals surface area contributed by atoms with Gasteiger partial charge in [0.2, 0.25) is 5.91 Å². The number of ether oxygens (including phenoxy) is 1. The average Bonchev–Trinajstić information content (AvgIpc) is 2.84. The first-order valence-electron chi connectivity index (χ1n) is 11.3. The van der Waals surface area contributed by atoms with E-state index >= 15 is 0 Å². The molecule has 2 N–H and O–H groups in total. The molecule has 180 valence electrons. The number of esters is 1. The summed E-state index contributed by atoms with van der Waals surface area (Å²) in [6.45, 7) is 3.91. The van der Waals surface area contributed by atoms with Crippen molar-refractivity contribution < 1.29 is 19.1 Å². The van der Waals surface area contributed by atoms with E-state index in [1.165, 1.54) is 6.20 Å². The number of hydrogen-bond acceptors (Lipinski definition) is 5. The first-order valence-corrected chi connectivity index (χ1v) is 11.6. The normalized spacial score (nSPS) is 10.7. The second kappa shape index (κ2) is 12.5. The molecule has 6 nitrogen and oxygen atoms in total. The summed E-state index contributed by atoms with van der Waals surface area (Å²) in [6, 6.07) is 20.2. The molecule has 0 unspecified atom stereocenters. The zero-order valence-corrected chi connectivity index (χ0v) is 20.4. The summed E-state index contributed by atoms with van der Waals surface area (Å²) >= 11 is 6.47. The molecular weight excluding hydrogens is 464 g/mol. The molecule has 0 spiro atoms. The Hall–Kier alpha value is -3.90. The van der Waals surface area contributed by atoms with Gasteiger partial charge in [-0.25, -0.2) is 0 Å². The third-order valence-electron chi connectivity index (χ3n) is 5.21. The zero-order chi connectivity index (χ0) is 25.2. The van der Waals surface area contributed by atoms with Crippen LogP contribution >= 0.6 is 11.6 Å². The van der Waals surface area contributed by atoms with Gasteiger partial charge in [-0.15, -0.1) is 0 Å². The van der Waals surface area contributed by atoms with Gasteiger partial charge < -0.3 is 15.4 Å². The highest BCUT2D eigenvalue weighted by Crippen LogP contribution is 2.28. The largest absolute Gasteiger partial charge is 0.466 e. The standard InChI is InChI=1S/C28H27ClN2O4/c1-3-35-27(33)15-14-26(32)30-17-16-20-9-5-7-11-25(20)31-21-12-13-23(24(29)18-21)28(34)22-10-6-4-8-19(22)2/h4-13,16-18,31H,3,14-15H2,1-2H3,(H,30,32)/b17-16+. The van der Waals surface area contributed by atoms with Crippen molar-refractivity contribution in [3.8, 4) is 0 Å². The number of para-hydroxylation sites is 1. The number of nitrogens with one attached hydrogen (secondary N) is 2. The molecular formula is C28H27ClN2O4. The predicted molar refractivity (Wildman–Crippen MR) is 139 cm³/mol. The molecule has 3 aromatic rings. The lowest BCUT2D eigenvalue weighted by Gasteiger charge is -2.12. The lowest BCUT2D eigenvalue weighted by molar-refractivity contribution is -0.144. The summed E-state index contributed by atoms with van der Waals surface area (Å²) in [6.07, 6.45) is 3.37. The van der Waals surface area contributed by atoms with Crippen LogP contribution in [-0.2, 0) is 14.3 Å². The zero-order valence-electron chi connectivity index (χ0n) is 19.6. The van der Waals surface area contributed by atoms with E-state index < -0.39 is 5.97 Å². The van der Waals surface area contributed by atoms with Gasteiger partial charge in [0.25, 0.3) is 0 Å². The van der Waals surface area contributed by atoms with Crippen molar-refractivity contribution in [2.45, 2.75) is 26.7 Å². The molecule has 0 fully saturated rings. The first kappa shape index (κ1) is 25.7. The van der Waals surface area contributed by atoms with Crippen LogP contribution in [0.3, 0.4) is 0 Å². The van der Waals surface area contributed by atoms with Crippen LogP contribution in [-0.4, -0.2) is 24.3 Å². The maximum atomic E-state index is 12.9. The van der Waals surface area contributed by atoms with Crippen LogP contribution in [0.25, 0.3) is 6.08 Å². The molecule has 1 amide bonds. The fraction of sp³-hybridized carbons (Fsp3) is 0.179. The van der Waals surface area contributed by atoms with Crippen LogP contribution in [0, 0.1) is 6.92 Å². The number of benzene rings is 3. The second-order valence-electron chi connectivity index (χ2n) is 7.76. The Kier molecular flexibility index (Phi) is 9.21. The fourth-order valence-electron chi connectivity index (χ4n) is 3.41. The maximum absolute atomic E-state index is 12.9. The Bertz CT molecular complexity index is 1250. The van der Waals surface area contributed by atoms with Crippen LogP contribution < -0.4 is 10.6 Å². The van der Waals surface area contributed by atoms with Crippen LogP contribution in [0.5, 0.6) is 0 Å². The Labute approximate surface area is 210 Å². The van der Waals surface area contributed by atoms with Crippen LogP contribution in [0.1, 0.15) is 46.8 Å². The molecule has 0 aliphatic heterocycles. The van der Waals surface area contributed by atoms with Crippen molar-refractivity contribution in [1.29, 1.82) is 0 Å². The van der Waals surface area contributed by atoms with E-state index in [9.17, 15) is 14.4 Å². The van der Waals surface area contributed by atoms with Gasteiger partial charge in [0.15, 0.2) is 5.78 Å². The summed E-state index contributed by atoms with van der Waals surface area (Å²) in [5.74, 6) is -0.798. The molecule has 0 radical (unpaired) electrons. The van der Waals surface area contributed by atoms with Crippen molar-refractivity contribution in [2.75, 3.05) is 11.9 Å². The molecule has 0 bridgehead atoms. The fourth-order valence-corrected chi connectivity index (χ4v) is 3.67. The van der Waals surface area contributed by atoms with E-state index in [2.05, 4.69) is 10.6 Å². The smallest absolute Gasteiger partial charge is 0.306 e. The molecule has 0 heterocycles. The molecule has 0 atom stereocenters. The lowest BCUT2D eigenvalue weighted by Crippen LogP contribution is -2.18. The summed E-state index contributed by atoms with van der Waals surface area (Å²) in [7, 11) is 0. The van der Waals surface area contributed by atoms with E-state index in [1.807, 2.05) is 49.4 Å². The highest BCUT2D eigenvalue weighted by Gasteiger charge is 2.15. The maximum Gasteiger partial charge on any atom is 0.306 e. The van der Waals surface area contributed by atoms with E-state index in [4.69, 9.17) is 16.3 Å². The summed E-state index contributed by atoms with van der Waals surface area (Å²) in [5, 5.41) is 6.31. The van der Waals surface area contributed by atoms with Gasteiger partial charge in [-0.3, -0.25) is 14.4 Å². The van der Waals surface area contributed by atoms with Gasteiger partial charge in [0, 0.05) is 35.1 Å². The molecule has 3 aromatic carbocycles. The minimum atomic E-state index is -0.397. The quantitative estimate of drug-likeness (QED) is 0.267. The number of amides is 1. The van der Waals surface area contributed by atoms with Crippen molar-refractivity contribution in [3.05, 3.63) is 100 Å². The SMILES string of the molecule is CCOC(=O)CCC(=O)N/C=C/c1ccccc1Nc1ccc(C(=O)c2ccccc2C)c(Cl)c1. The monoisotopic (exact) mass is 490 g/mol. The Morgan fingerprint density at radius 3 is 2.43 bits per heavy atom. The summed E-state index contributed by atoms with van der Waals surface area (Å²) in [4.78, 5) is 36.2. The Balaban J connectivity index is 1.67. The van der Waals surface area contributed by atoms with E-state index in [0.29, 0.717) is 22.8 Å². The summed E-state index contributed by atoms with van der Waals surface area (Å²) < 4.78 is 4.82. The highest BCUT2D eigenvalue weighted by atomic mass is 35.5. The van der Waals surface area contributed by atoms with Crippen LogP contribution in [0.2, 0.25) is 5.02 Å². The van der Waals surface area contributed by atoms with Crippen molar-refractivity contribution in [1.82, 2.24) is 5.32 Å². The molecule has 0 saturated heterocycles. The number of carbonyl (C=O) groups is 3. The van der Waals surface area contributed by atoms with Gasteiger partial charge >= 0.3 is 5.97 Å². The van der Waals surface area contributed by atoms with Crippen molar-refractivity contribution in [3.63, 3.8) is 0 Å². The van der Waals surface area contributed by atoms with Gasteiger partial charge in [0.05, 0.1) is 18.1 Å². The first-order chi connectivity index (χ1) is 16.9. The van der Waals surface area contributed by atoms with E-state index in [1.54, 1.807) is 37.3 Å². The third kappa shape index (κ3) is 7.29. The van der Waals surface area contributed by atoms with Gasteiger partial charge in [-0.1, -0.05) is 54.1 Å². The number of carbonyl (C=O) groups excluding carboxylic acids is 3. The van der Waals surface area contributed by atoms with Crippen molar-refractivity contribution in [2.24, 2.45) is 0 Å². The summed E-state index contributed by atoms with van der Waals surface area (Å²) in [5.41, 5.74) is 4.29. The third-order valence-corrected chi connectivity index (χ3v) is 5.52. The molecule has 7 heteroatoms. The van der Waals surface area contributed by atoms with E-state index in [-0.39, 0.29) is 24.5 Å². The Morgan fingerprint density at radius 1 is 0.943 bits per heavy atom. The number of aryl methyl sites for hydroxylation is 1. The molecule has 3 rings (SSSR count). The molecule has 0 aromatic heterocycles. The number of rotatable bonds is 10. The number of ketones is 1. The molecule has 0 aliphatic rings. The van der Waals surface area contributed by atoms with Gasteiger partial charge in [-0.2, -0.15) is 0 Å². The van der Waals surface area contributed by atoms with Gasteiger partial charge in [-0.05, 0) is 55.3 Å². The van der Waals surface area contributed by atoms with Crippen molar-refractivity contribution >= 4 is 46.7 Å². The minimum Gasteiger partial charge on any atom is -0.466 e. The predicted octanol–water partition coefficient (Wildman–Crippen LogP) is 6.05. The molecule has 0 saturated carbocycles. The average molecular weight is 491 g/mol.